The Bertz CT molecular complexity index is 531. The second kappa shape index (κ2) is 3.65. The van der Waals surface area contributed by atoms with E-state index in [0.717, 1.165) is 39.0 Å². The Morgan fingerprint density at radius 3 is 1.84 bits per heavy atom. The van der Waals surface area contributed by atoms with Gasteiger partial charge in [-0.2, -0.15) is 0 Å². The van der Waals surface area contributed by atoms with Crippen LogP contribution < -0.4 is 9.36 Å². The molecule has 0 aliphatic carbocycles. The third-order valence-electron chi connectivity index (χ3n) is 4.44. The van der Waals surface area contributed by atoms with Crippen LogP contribution in [0, 0.1) is 5.41 Å². The van der Waals surface area contributed by atoms with Gasteiger partial charge < -0.3 is 0 Å². The van der Waals surface area contributed by atoms with Gasteiger partial charge in [0.2, 0.25) is 0 Å². The van der Waals surface area contributed by atoms with Crippen molar-refractivity contribution in [3.63, 3.8) is 0 Å². The third-order valence-corrected chi connectivity index (χ3v) is 4.44. The van der Waals surface area contributed by atoms with Crippen LogP contribution in [0.3, 0.4) is 0 Å². The van der Waals surface area contributed by atoms with E-state index >= 15 is 0 Å². The molecule has 4 heterocycles. The number of hydrogen-bond acceptors (Lipinski definition) is 2. The van der Waals surface area contributed by atoms with Gasteiger partial charge >= 0.3 is 0 Å². The summed E-state index contributed by atoms with van der Waals surface area (Å²) in [5, 5.41) is 9.22. The van der Waals surface area contributed by atoms with E-state index in [1.807, 2.05) is 9.36 Å². The lowest BCUT2D eigenvalue weighted by molar-refractivity contribution is -0.753. The molecule has 2 aliphatic rings. The summed E-state index contributed by atoms with van der Waals surface area (Å²) in [6.07, 6.45) is 6.65. The summed E-state index contributed by atoms with van der Waals surface area (Å²) in [4.78, 5) is 0. The smallest absolute Gasteiger partial charge is 0.138 e. The SMILES string of the molecule is CC[n+]1cc2n(n1)CC1(C2)Cc2c[n+](CC)nn2C1. The van der Waals surface area contributed by atoms with Crippen LogP contribution in [0.2, 0.25) is 0 Å². The van der Waals surface area contributed by atoms with Crippen LogP contribution in [0.15, 0.2) is 12.4 Å². The highest BCUT2D eigenvalue weighted by Gasteiger charge is 2.51. The van der Waals surface area contributed by atoms with Gasteiger partial charge in [0.15, 0.2) is 23.8 Å². The fourth-order valence-electron chi connectivity index (χ4n) is 3.51. The van der Waals surface area contributed by atoms with Crippen LogP contribution in [0.4, 0.5) is 0 Å². The lowest BCUT2D eigenvalue weighted by atomic mass is 9.84. The molecule has 6 nitrogen and oxygen atoms in total. The Balaban J connectivity index is 1.59. The zero-order valence-corrected chi connectivity index (χ0v) is 11.6. The summed E-state index contributed by atoms with van der Waals surface area (Å²) in [6, 6.07) is 0. The molecule has 0 atom stereocenters. The molecule has 0 aromatic carbocycles. The molecule has 6 heteroatoms. The average molecular weight is 260 g/mol. The number of rotatable bonds is 2. The van der Waals surface area contributed by atoms with Gasteiger partial charge in [0.25, 0.3) is 0 Å². The van der Waals surface area contributed by atoms with Gasteiger partial charge in [-0.3, -0.25) is 0 Å². The van der Waals surface area contributed by atoms with Gasteiger partial charge in [0.1, 0.15) is 26.2 Å². The van der Waals surface area contributed by atoms with Crippen molar-refractivity contribution in [2.24, 2.45) is 5.41 Å². The van der Waals surface area contributed by atoms with Crippen molar-refractivity contribution in [3.05, 3.63) is 23.8 Å². The molecule has 0 saturated carbocycles. The molecule has 4 rings (SSSR count). The van der Waals surface area contributed by atoms with E-state index in [0.29, 0.717) is 5.41 Å². The molecule has 2 aliphatic heterocycles. The Morgan fingerprint density at radius 1 is 1.00 bits per heavy atom. The monoisotopic (exact) mass is 260 g/mol. The fraction of sp³-hybridized carbons (Fsp3) is 0.692. The topological polar surface area (TPSA) is 43.4 Å². The van der Waals surface area contributed by atoms with Crippen molar-refractivity contribution >= 4 is 0 Å². The number of nitrogens with zero attached hydrogens (tertiary/aromatic N) is 6. The van der Waals surface area contributed by atoms with Gasteiger partial charge in [0.05, 0.1) is 15.8 Å². The van der Waals surface area contributed by atoms with E-state index in [4.69, 9.17) is 0 Å². The highest BCUT2D eigenvalue weighted by Crippen LogP contribution is 2.40. The maximum absolute atomic E-state index is 4.61. The highest BCUT2D eigenvalue weighted by molar-refractivity contribution is 5.13. The summed E-state index contributed by atoms with van der Waals surface area (Å²) in [7, 11) is 0. The zero-order valence-electron chi connectivity index (χ0n) is 11.6. The van der Waals surface area contributed by atoms with Crippen LogP contribution >= 0.6 is 0 Å². The summed E-state index contributed by atoms with van der Waals surface area (Å²) in [5.41, 5.74) is 3.07. The maximum Gasteiger partial charge on any atom is 0.168 e. The number of fused-ring (bicyclic) bond motifs is 2. The minimum absolute atomic E-state index is 0.324. The molecule has 0 bridgehead atoms. The number of aryl methyl sites for hydroxylation is 2. The van der Waals surface area contributed by atoms with E-state index < -0.39 is 0 Å². The van der Waals surface area contributed by atoms with Crippen molar-refractivity contribution < 1.29 is 9.36 Å². The van der Waals surface area contributed by atoms with Crippen LogP contribution in [0.5, 0.6) is 0 Å². The molecule has 2 aromatic rings. The molecule has 2 aromatic heterocycles. The molecule has 0 N–H and O–H groups in total. The van der Waals surface area contributed by atoms with E-state index in [-0.39, 0.29) is 0 Å². The quantitative estimate of drug-likeness (QED) is 0.683. The van der Waals surface area contributed by atoms with Crippen LogP contribution in [0.25, 0.3) is 0 Å². The largest absolute Gasteiger partial charge is 0.168 e. The Morgan fingerprint density at radius 2 is 1.47 bits per heavy atom. The van der Waals surface area contributed by atoms with Crippen molar-refractivity contribution in [1.82, 2.24) is 19.8 Å². The first-order chi connectivity index (χ1) is 9.21. The highest BCUT2D eigenvalue weighted by atomic mass is 15.5. The Labute approximate surface area is 112 Å². The van der Waals surface area contributed by atoms with Crippen molar-refractivity contribution in [3.8, 4) is 0 Å². The Kier molecular flexibility index (Phi) is 2.14. The first-order valence-electron chi connectivity index (χ1n) is 7.14. The summed E-state index contributed by atoms with van der Waals surface area (Å²) >= 11 is 0. The number of hydrogen-bond donors (Lipinski definition) is 0. The normalized spacial score (nSPS) is 19.1. The molecule has 0 fully saturated rings. The summed E-state index contributed by atoms with van der Waals surface area (Å²) in [5.74, 6) is 0. The van der Waals surface area contributed by atoms with Crippen molar-refractivity contribution in [2.75, 3.05) is 0 Å². The van der Waals surface area contributed by atoms with Crippen LogP contribution in [-0.4, -0.2) is 19.8 Å². The fourth-order valence-corrected chi connectivity index (χ4v) is 3.51. The minimum Gasteiger partial charge on any atom is -0.138 e. The van der Waals surface area contributed by atoms with E-state index in [9.17, 15) is 0 Å². The molecule has 0 amide bonds. The summed E-state index contributed by atoms with van der Waals surface area (Å²) < 4.78 is 8.43. The second-order valence-corrected chi connectivity index (χ2v) is 5.90. The van der Waals surface area contributed by atoms with Crippen molar-refractivity contribution in [1.29, 1.82) is 0 Å². The standard InChI is InChI=1S/C13H20N6/c1-3-16-7-11-5-13(9-18(11)14-16)6-12-8-17(4-2)15-19(12)10-13/h7-8H,3-6,9-10H2,1-2H3/q+2. The molecule has 19 heavy (non-hydrogen) atoms. The molecule has 0 saturated heterocycles. The zero-order chi connectivity index (χ0) is 13.0. The van der Waals surface area contributed by atoms with Gasteiger partial charge in [-0.1, -0.05) is 0 Å². The number of aromatic nitrogens is 6. The van der Waals surface area contributed by atoms with Crippen LogP contribution in [0.1, 0.15) is 25.2 Å². The maximum atomic E-state index is 4.61. The molecule has 100 valence electrons. The van der Waals surface area contributed by atoms with Crippen LogP contribution in [-0.2, 0) is 39.0 Å². The van der Waals surface area contributed by atoms with Gasteiger partial charge in [0, 0.05) is 12.8 Å². The molecule has 0 radical (unpaired) electrons. The molecule has 0 unspecified atom stereocenters. The molecule has 1 spiro atoms. The molecular formula is C13H20N6+2. The lowest BCUT2D eigenvalue weighted by Gasteiger charge is -2.14. The average Bonchev–Trinajstić information content (AvgIpc) is 3.06. The Hall–Kier alpha value is -1.72. The predicted octanol–water partition coefficient (Wildman–Crippen LogP) is -0.507. The van der Waals surface area contributed by atoms with Gasteiger partial charge in [-0.05, 0) is 13.8 Å². The summed E-state index contributed by atoms with van der Waals surface area (Å²) in [6.45, 7) is 8.23. The molecular weight excluding hydrogens is 240 g/mol. The van der Waals surface area contributed by atoms with E-state index in [1.165, 1.54) is 11.4 Å². The first kappa shape index (κ1) is 11.1. The van der Waals surface area contributed by atoms with Crippen molar-refractivity contribution in [2.45, 2.75) is 52.9 Å². The minimum atomic E-state index is 0.324. The van der Waals surface area contributed by atoms with E-state index in [1.54, 1.807) is 0 Å². The second-order valence-electron chi connectivity index (χ2n) is 5.90. The van der Waals surface area contributed by atoms with Gasteiger partial charge in [-0.15, -0.1) is 18.7 Å². The van der Waals surface area contributed by atoms with E-state index in [2.05, 4.69) is 46.0 Å². The lowest BCUT2D eigenvalue weighted by Crippen LogP contribution is -2.38. The first-order valence-corrected chi connectivity index (χ1v) is 7.14. The third kappa shape index (κ3) is 1.55. The van der Waals surface area contributed by atoms with Gasteiger partial charge in [-0.25, -0.2) is 0 Å². The predicted molar refractivity (Wildman–Crippen MR) is 66.0 cm³/mol.